The van der Waals surface area contributed by atoms with Gasteiger partial charge in [0.25, 0.3) is 0 Å². The van der Waals surface area contributed by atoms with Crippen LogP contribution >= 0.6 is 0 Å². The number of benzene rings is 1. The molecule has 138 valence electrons. The van der Waals surface area contributed by atoms with Crippen LogP contribution in [0.25, 0.3) is 0 Å². The van der Waals surface area contributed by atoms with Gasteiger partial charge in [-0.25, -0.2) is 9.97 Å². The van der Waals surface area contributed by atoms with Gasteiger partial charge in [0.15, 0.2) is 0 Å². The van der Waals surface area contributed by atoms with E-state index in [2.05, 4.69) is 56.7 Å². The van der Waals surface area contributed by atoms with E-state index in [4.69, 9.17) is 0 Å². The van der Waals surface area contributed by atoms with E-state index in [1.807, 2.05) is 6.92 Å². The number of fused-ring (bicyclic) bond motifs is 1. The van der Waals surface area contributed by atoms with Gasteiger partial charge in [-0.1, -0.05) is 24.3 Å². The quantitative estimate of drug-likeness (QED) is 0.867. The van der Waals surface area contributed by atoms with Crippen LogP contribution in [0.1, 0.15) is 40.5 Å². The summed E-state index contributed by atoms with van der Waals surface area (Å²) in [6.45, 7) is 10.4. The maximum Gasteiger partial charge on any atom is 0.133 e. The van der Waals surface area contributed by atoms with E-state index in [9.17, 15) is 0 Å². The van der Waals surface area contributed by atoms with E-state index in [1.54, 1.807) is 0 Å². The van der Waals surface area contributed by atoms with E-state index in [1.165, 1.54) is 29.7 Å². The Bertz CT molecular complexity index is 773. The van der Waals surface area contributed by atoms with Crippen molar-refractivity contribution in [1.82, 2.24) is 20.2 Å². The number of rotatable bonds is 5. The van der Waals surface area contributed by atoms with Crippen molar-refractivity contribution in [2.45, 2.75) is 39.2 Å². The smallest absolute Gasteiger partial charge is 0.133 e. The second-order valence-electron chi connectivity index (χ2n) is 7.54. The molecule has 0 saturated carbocycles. The predicted octanol–water partition coefficient (Wildman–Crippen LogP) is 2.64. The molecule has 0 bridgehead atoms. The third-order valence-corrected chi connectivity index (χ3v) is 5.67. The van der Waals surface area contributed by atoms with Crippen LogP contribution in [0.4, 0.5) is 5.82 Å². The molecular weight excluding hydrogens is 322 g/mol. The standard InChI is InChI=1S/C21H29N5/c1-15-5-3-4-6-18(15)17-8-11-26(14-17)12-10-23-21-19-7-9-22-13-20(19)24-16(2)25-21/h3-6,17,22H,7-14H2,1-2H3,(H,23,24,25)/t17-/m0/s1. The van der Waals surface area contributed by atoms with E-state index < -0.39 is 0 Å². The predicted molar refractivity (Wildman–Crippen MR) is 106 cm³/mol. The first-order valence-corrected chi connectivity index (χ1v) is 9.79. The van der Waals surface area contributed by atoms with Gasteiger partial charge in [0.2, 0.25) is 0 Å². The maximum absolute atomic E-state index is 4.66. The minimum absolute atomic E-state index is 0.677. The first-order valence-electron chi connectivity index (χ1n) is 9.79. The zero-order valence-corrected chi connectivity index (χ0v) is 15.9. The van der Waals surface area contributed by atoms with Gasteiger partial charge in [0.1, 0.15) is 11.6 Å². The van der Waals surface area contributed by atoms with Gasteiger partial charge in [-0.3, -0.25) is 0 Å². The molecule has 2 aliphatic heterocycles. The summed E-state index contributed by atoms with van der Waals surface area (Å²) >= 11 is 0. The number of hydrogen-bond acceptors (Lipinski definition) is 5. The van der Waals surface area contributed by atoms with Gasteiger partial charge < -0.3 is 15.5 Å². The van der Waals surface area contributed by atoms with Crippen molar-refractivity contribution >= 4 is 5.82 Å². The van der Waals surface area contributed by atoms with Crippen LogP contribution in [-0.4, -0.2) is 47.6 Å². The first-order chi connectivity index (χ1) is 12.7. The van der Waals surface area contributed by atoms with Crippen LogP contribution in [0.2, 0.25) is 0 Å². The molecule has 4 rings (SSSR count). The molecule has 0 aliphatic carbocycles. The van der Waals surface area contributed by atoms with Gasteiger partial charge in [0, 0.05) is 31.7 Å². The van der Waals surface area contributed by atoms with Crippen molar-refractivity contribution in [3.63, 3.8) is 0 Å². The van der Waals surface area contributed by atoms with E-state index in [0.717, 1.165) is 56.5 Å². The van der Waals surface area contributed by atoms with Crippen molar-refractivity contribution < 1.29 is 0 Å². The monoisotopic (exact) mass is 351 g/mol. The lowest BCUT2D eigenvalue weighted by Gasteiger charge is -2.21. The first kappa shape index (κ1) is 17.4. The molecule has 5 nitrogen and oxygen atoms in total. The number of nitrogens with one attached hydrogen (secondary N) is 2. The van der Waals surface area contributed by atoms with Crippen LogP contribution in [0.5, 0.6) is 0 Å². The molecule has 0 unspecified atom stereocenters. The Hall–Kier alpha value is -1.98. The lowest BCUT2D eigenvalue weighted by Crippen LogP contribution is -2.29. The Morgan fingerprint density at radius 3 is 3.00 bits per heavy atom. The van der Waals surface area contributed by atoms with Crippen LogP contribution in [0, 0.1) is 13.8 Å². The Balaban J connectivity index is 1.33. The van der Waals surface area contributed by atoms with Crippen LogP contribution in [0.3, 0.4) is 0 Å². The van der Waals surface area contributed by atoms with Gasteiger partial charge in [-0.15, -0.1) is 0 Å². The van der Waals surface area contributed by atoms with Crippen molar-refractivity contribution in [2.75, 3.05) is 38.0 Å². The van der Waals surface area contributed by atoms with Crippen LogP contribution < -0.4 is 10.6 Å². The SMILES string of the molecule is Cc1nc2c(c(NCCN3CC[C@H](c4ccccc4C)C3)n1)CCNC2. The summed E-state index contributed by atoms with van der Waals surface area (Å²) in [5.41, 5.74) is 5.41. The summed E-state index contributed by atoms with van der Waals surface area (Å²) in [6.07, 6.45) is 2.27. The molecule has 2 aliphatic rings. The van der Waals surface area contributed by atoms with Crippen molar-refractivity contribution in [1.29, 1.82) is 0 Å². The molecule has 3 heterocycles. The highest BCUT2D eigenvalue weighted by atomic mass is 15.2. The molecule has 1 aromatic heterocycles. The minimum Gasteiger partial charge on any atom is -0.368 e. The number of likely N-dealkylation sites (tertiary alicyclic amines) is 1. The Morgan fingerprint density at radius 1 is 1.23 bits per heavy atom. The molecule has 1 fully saturated rings. The highest BCUT2D eigenvalue weighted by Gasteiger charge is 2.24. The summed E-state index contributed by atoms with van der Waals surface area (Å²) in [5.74, 6) is 2.58. The highest BCUT2D eigenvalue weighted by molar-refractivity contribution is 5.47. The summed E-state index contributed by atoms with van der Waals surface area (Å²) in [6, 6.07) is 8.83. The topological polar surface area (TPSA) is 53.1 Å². The van der Waals surface area contributed by atoms with Gasteiger partial charge in [-0.05, 0) is 56.8 Å². The highest BCUT2D eigenvalue weighted by Crippen LogP contribution is 2.29. The van der Waals surface area contributed by atoms with Crippen molar-refractivity contribution in [3.8, 4) is 0 Å². The van der Waals surface area contributed by atoms with Crippen molar-refractivity contribution in [2.24, 2.45) is 0 Å². The number of aromatic nitrogens is 2. The molecule has 1 atom stereocenters. The molecule has 2 N–H and O–H groups in total. The molecule has 1 saturated heterocycles. The average molecular weight is 351 g/mol. The minimum atomic E-state index is 0.677. The van der Waals surface area contributed by atoms with Gasteiger partial charge in [0.05, 0.1) is 5.69 Å². The fourth-order valence-electron chi connectivity index (χ4n) is 4.30. The second kappa shape index (κ2) is 7.72. The fourth-order valence-corrected chi connectivity index (χ4v) is 4.30. The van der Waals surface area contributed by atoms with Crippen LogP contribution in [0.15, 0.2) is 24.3 Å². The number of nitrogens with zero attached hydrogens (tertiary/aromatic N) is 3. The molecule has 2 aromatic rings. The average Bonchev–Trinajstić information content (AvgIpc) is 3.10. The molecule has 0 spiro atoms. The maximum atomic E-state index is 4.66. The molecule has 5 heteroatoms. The molecule has 0 amide bonds. The third-order valence-electron chi connectivity index (χ3n) is 5.67. The lowest BCUT2D eigenvalue weighted by atomic mass is 9.94. The van der Waals surface area contributed by atoms with Crippen LogP contribution in [-0.2, 0) is 13.0 Å². The molecular formula is C21H29N5. The number of anilines is 1. The summed E-state index contributed by atoms with van der Waals surface area (Å²) in [5, 5.41) is 6.98. The summed E-state index contributed by atoms with van der Waals surface area (Å²) in [7, 11) is 0. The number of aryl methyl sites for hydroxylation is 2. The molecule has 1 aromatic carbocycles. The van der Waals surface area contributed by atoms with Crippen molar-refractivity contribution in [3.05, 3.63) is 52.5 Å². The third kappa shape index (κ3) is 3.74. The fraction of sp³-hybridized carbons (Fsp3) is 0.524. The summed E-state index contributed by atoms with van der Waals surface area (Å²) in [4.78, 5) is 11.8. The zero-order chi connectivity index (χ0) is 17.9. The van der Waals surface area contributed by atoms with Gasteiger partial charge >= 0.3 is 0 Å². The van der Waals surface area contributed by atoms with E-state index in [0.29, 0.717) is 5.92 Å². The number of hydrogen-bond donors (Lipinski definition) is 2. The van der Waals surface area contributed by atoms with E-state index >= 15 is 0 Å². The zero-order valence-electron chi connectivity index (χ0n) is 15.9. The Labute approximate surface area is 156 Å². The Morgan fingerprint density at radius 2 is 2.12 bits per heavy atom. The largest absolute Gasteiger partial charge is 0.368 e. The summed E-state index contributed by atoms with van der Waals surface area (Å²) < 4.78 is 0. The molecule has 26 heavy (non-hydrogen) atoms. The van der Waals surface area contributed by atoms with Gasteiger partial charge in [-0.2, -0.15) is 0 Å². The lowest BCUT2D eigenvalue weighted by molar-refractivity contribution is 0.347. The molecule has 0 radical (unpaired) electrons. The second-order valence-corrected chi connectivity index (χ2v) is 7.54. The van der Waals surface area contributed by atoms with E-state index in [-0.39, 0.29) is 0 Å². The normalized spacial score (nSPS) is 20.2. The Kier molecular flexibility index (Phi) is 5.18.